The van der Waals surface area contributed by atoms with Crippen molar-refractivity contribution in [2.45, 2.75) is 52.5 Å². The molecule has 0 radical (unpaired) electrons. The summed E-state index contributed by atoms with van der Waals surface area (Å²) in [5.74, 6) is 0.809. The SMILES string of the molecule is CC(C)CC1(Cn2c(N)nc3c(F)cccc32)CCCC1. The van der Waals surface area contributed by atoms with Gasteiger partial charge in [0, 0.05) is 6.54 Å². The van der Waals surface area contributed by atoms with Crippen molar-refractivity contribution in [2.24, 2.45) is 11.3 Å². The monoisotopic (exact) mass is 289 g/mol. The molecule has 3 rings (SSSR count). The van der Waals surface area contributed by atoms with E-state index in [9.17, 15) is 4.39 Å². The molecule has 1 aliphatic rings. The molecule has 3 nitrogen and oxygen atoms in total. The maximum absolute atomic E-state index is 13.9. The predicted molar refractivity (Wildman–Crippen MR) is 84.5 cm³/mol. The Balaban J connectivity index is 2.00. The number of halogens is 1. The van der Waals surface area contributed by atoms with Gasteiger partial charge in [-0.2, -0.15) is 0 Å². The third kappa shape index (κ3) is 2.63. The first kappa shape index (κ1) is 14.4. The van der Waals surface area contributed by atoms with Crippen LogP contribution < -0.4 is 5.73 Å². The number of rotatable bonds is 4. The van der Waals surface area contributed by atoms with Gasteiger partial charge in [-0.15, -0.1) is 0 Å². The molecule has 2 N–H and O–H groups in total. The van der Waals surface area contributed by atoms with E-state index in [0.29, 0.717) is 22.8 Å². The third-order valence-corrected chi connectivity index (χ3v) is 4.76. The number of fused-ring (bicyclic) bond motifs is 1. The van der Waals surface area contributed by atoms with Gasteiger partial charge in [0.05, 0.1) is 5.52 Å². The lowest BCUT2D eigenvalue weighted by molar-refractivity contribution is 0.200. The first-order chi connectivity index (χ1) is 10.0. The summed E-state index contributed by atoms with van der Waals surface area (Å²) >= 11 is 0. The van der Waals surface area contributed by atoms with Crippen molar-refractivity contribution in [2.75, 3.05) is 5.73 Å². The van der Waals surface area contributed by atoms with Crippen molar-refractivity contribution in [1.82, 2.24) is 9.55 Å². The van der Waals surface area contributed by atoms with Crippen LogP contribution >= 0.6 is 0 Å². The predicted octanol–water partition coefficient (Wildman–Crippen LogP) is 4.36. The summed E-state index contributed by atoms with van der Waals surface area (Å²) in [5.41, 5.74) is 7.59. The molecule has 1 saturated carbocycles. The molecule has 0 amide bonds. The molecule has 1 fully saturated rings. The van der Waals surface area contributed by atoms with E-state index in [1.54, 1.807) is 6.07 Å². The van der Waals surface area contributed by atoms with Gasteiger partial charge in [0.15, 0.2) is 5.82 Å². The van der Waals surface area contributed by atoms with Crippen LogP contribution in [0.5, 0.6) is 0 Å². The van der Waals surface area contributed by atoms with E-state index in [1.165, 1.54) is 38.2 Å². The van der Waals surface area contributed by atoms with Gasteiger partial charge in [-0.05, 0) is 42.7 Å². The molecule has 0 bridgehead atoms. The molecule has 0 saturated heterocycles. The second kappa shape index (κ2) is 5.32. The summed E-state index contributed by atoms with van der Waals surface area (Å²) in [6.45, 7) is 5.40. The van der Waals surface area contributed by atoms with Crippen molar-refractivity contribution in [3.05, 3.63) is 24.0 Å². The fraction of sp³-hybridized carbons (Fsp3) is 0.588. The molecular formula is C17H24FN3. The van der Waals surface area contributed by atoms with Crippen LogP contribution in [0.1, 0.15) is 46.0 Å². The number of anilines is 1. The second-order valence-electron chi connectivity index (χ2n) is 6.97. The first-order valence-corrected chi connectivity index (χ1v) is 7.91. The molecule has 114 valence electrons. The highest BCUT2D eigenvalue weighted by Crippen LogP contribution is 2.45. The van der Waals surface area contributed by atoms with Crippen molar-refractivity contribution in [3.8, 4) is 0 Å². The quantitative estimate of drug-likeness (QED) is 0.908. The smallest absolute Gasteiger partial charge is 0.201 e. The molecule has 1 aromatic heterocycles. The van der Waals surface area contributed by atoms with Crippen LogP contribution in [0, 0.1) is 17.2 Å². The molecular weight excluding hydrogens is 265 g/mol. The van der Waals surface area contributed by atoms with Crippen molar-refractivity contribution in [1.29, 1.82) is 0 Å². The Labute approximate surface area is 125 Å². The minimum Gasteiger partial charge on any atom is -0.369 e. The number of benzene rings is 1. The standard InChI is InChI=1S/C17H24FN3/c1-12(2)10-17(8-3-4-9-17)11-21-14-7-5-6-13(18)15(14)20-16(21)19/h5-7,12H,3-4,8-11H2,1-2H3,(H2,19,20). The number of hydrogen-bond donors (Lipinski definition) is 1. The average Bonchev–Trinajstić information content (AvgIpc) is 2.97. The topological polar surface area (TPSA) is 43.8 Å². The fourth-order valence-electron chi connectivity index (χ4n) is 4.05. The molecule has 1 aromatic carbocycles. The van der Waals surface area contributed by atoms with Gasteiger partial charge < -0.3 is 10.3 Å². The van der Waals surface area contributed by atoms with Gasteiger partial charge in [-0.1, -0.05) is 32.8 Å². The first-order valence-electron chi connectivity index (χ1n) is 7.91. The minimum atomic E-state index is -0.290. The molecule has 1 heterocycles. The van der Waals surface area contributed by atoms with Crippen LogP contribution in [-0.2, 0) is 6.54 Å². The Kier molecular flexibility index (Phi) is 3.64. The molecule has 0 spiro atoms. The summed E-state index contributed by atoms with van der Waals surface area (Å²) in [7, 11) is 0. The maximum atomic E-state index is 13.9. The Hall–Kier alpha value is -1.58. The van der Waals surface area contributed by atoms with E-state index < -0.39 is 0 Å². The molecule has 0 aliphatic heterocycles. The highest BCUT2D eigenvalue weighted by molar-refractivity contribution is 5.78. The number of nitrogen functional groups attached to an aromatic ring is 1. The molecule has 0 atom stereocenters. The third-order valence-electron chi connectivity index (χ3n) is 4.76. The van der Waals surface area contributed by atoms with Crippen LogP contribution in [0.4, 0.5) is 10.3 Å². The van der Waals surface area contributed by atoms with Crippen molar-refractivity contribution >= 4 is 17.0 Å². The second-order valence-corrected chi connectivity index (χ2v) is 6.97. The molecule has 2 aromatic rings. The van der Waals surface area contributed by atoms with E-state index in [-0.39, 0.29) is 5.82 Å². The van der Waals surface area contributed by atoms with Crippen LogP contribution in [-0.4, -0.2) is 9.55 Å². The van der Waals surface area contributed by atoms with E-state index >= 15 is 0 Å². The van der Waals surface area contributed by atoms with Crippen LogP contribution in [0.3, 0.4) is 0 Å². The molecule has 0 unspecified atom stereocenters. The number of hydrogen-bond acceptors (Lipinski definition) is 2. The summed E-state index contributed by atoms with van der Waals surface area (Å²) in [6, 6.07) is 5.09. The Morgan fingerprint density at radius 2 is 2.05 bits per heavy atom. The molecule has 4 heteroatoms. The van der Waals surface area contributed by atoms with Crippen LogP contribution in [0.25, 0.3) is 11.0 Å². The normalized spacial score (nSPS) is 17.9. The van der Waals surface area contributed by atoms with Gasteiger partial charge in [0.2, 0.25) is 5.95 Å². The van der Waals surface area contributed by atoms with Gasteiger partial charge in [0.25, 0.3) is 0 Å². The lowest BCUT2D eigenvalue weighted by Crippen LogP contribution is -2.26. The van der Waals surface area contributed by atoms with Crippen molar-refractivity contribution in [3.63, 3.8) is 0 Å². The lowest BCUT2D eigenvalue weighted by atomic mass is 9.78. The zero-order chi connectivity index (χ0) is 15.0. The Morgan fingerprint density at radius 1 is 1.33 bits per heavy atom. The van der Waals surface area contributed by atoms with Gasteiger partial charge in [-0.3, -0.25) is 0 Å². The lowest BCUT2D eigenvalue weighted by Gasteiger charge is -2.32. The van der Waals surface area contributed by atoms with E-state index in [4.69, 9.17) is 5.73 Å². The van der Waals surface area contributed by atoms with E-state index in [0.717, 1.165) is 12.1 Å². The largest absolute Gasteiger partial charge is 0.369 e. The average molecular weight is 289 g/mol. The minimum absolute atomic E-state index is 0.290. The van der Waals surface area contributed by atoms with Crippen LogP contribution in [0.2, 0.25) is 0 Å². The number of nitrogens with two attached hydrogens (primary N) is 1. The Bertz CT molecular complexity index is 639. The number of nitrogens with zero attached hydrogens (tertiary/aromatic N) is 2. The molecule has 1 aliphatic carbocycles. The summed E-state index contributed by atoms with van der Waals surface area (Å²) in [5, 5.41) is 0. The van der Waals surface area contributed by atoms with Gasteiger partial charge in [0.1, 0.15) is 5.52 Å². The zero-order valence-electron chi connectivity index (χ0n) is 12.9. The number of para-hydroxylation sites is 1. The summed E-state index contributed by atoms with van der Waals surface area (Å²) < 4.78 is 15.9. The van der Waals surface area contributed by atoms with Gasteiger partial charge in [-0.25, -0.2) is 9.37 Å². The maximum Gasteiger partial charge on any atom is 0.201 e. The Morgan fingerprint density at radius 3 is 2.71 bits per heavy atom. The number of aromatic nitrogens is 2. The summed E-state index contributed by atoms with van der Waals surface area (Å²) in [6.07, 6.45) is 6.24. The fourth-order valence-corrected chi connectivity index (χ4v) is 4.05. The van der Waals surface area contributed by atoms with Crippen molar-refractivity contribution < 1.29 is 4.39 Å². The highest BCUT2D eigenvalue weighted by Gasteiger charge is 2.35. The van der Waals surface area contributed by atoms with E-state index in [2.05, 4.69) is 18.8 Å². The van der Waals surface area contributed by atoms with Crippen LogP contribution in [0.15, 0.2) is 18.2 Å². The zero-order valence-corrected chi connectivity index (χ0v) is 12.9. The number of imidazole rings is 1. The van der Waals surface area contributed by atoms with Gasteiger partial charge >= 0.3 is 0 Å². The highest BCUT2D eigenvalue weighted by atomic mass is 19.1. The molecule has 21 heavy (non-hydrogen) atoms. The van der Waals surface area contributed by atoms with E-state index in [1.807, 2.05) is 10.6 Å². The summed E-state index contributed by atoms with van der Waals surface area (Å²) in [4.78, 5) is 4.23.